The zero-order valence-electron chi connectivity index (χ0n) is 28.1. The molecule has 0 fully saturated rings. The third-order valence-corrected chi connectivity index (χ3v) is 8.57. The summed E-state index contributed by atoms with van der Waals surface area (Å²) in [5, 5.41) is 70.6. The first-order valence-electron chi connectivity index (χ1n) is 15.8. The monoisotopic (exact) mass is 614 g/mol. The van der Waals surface area contributed by atoms with E-state index < -0.39 is 61.7 Å². The molecular weight excluding hydrogens is 552 g/mol. The van der Waals surface area contributed by atoms with Crippen molar-refractivity contribution in [2.24, 2.45) is 35.5 Å². The van der Waals surface area contributed by atoms with Gasteiger partial charge < -0.3 is 40.5 Å². The Morgan fingerprint density at radius 2 is 1.16 bits per heavy atom. The van der Waals surface area contributed by atoms with Crippen molar-refractivity contribution < 1.29 is 45.3 Å². The van der Waals surface area contributed by atoms with Crippen LogP contribution in [0.3, 0.4) is 0 Å². The number of aliphatic hydroxyl groups excluding tert-OH is 7. The molecule has 0 heterocycles. The second kappa shape index (κ2) is 20.4. The number of aliphatic hydroxyl groups is 7. The lowest BCUT2D eigenvalue weighted by molar-refractivity contribution is -0.148. The van der Waals surface area contributed by atoms with Crippen LogP contribution in [-0.4, -0.2) is 91.6 Å². The van der Waals surface area contributed by atoms with Crippen LogP contribution in [0.1, 0.15) is 88.5 Å². The van der Waals surface area contributed by atoms with Crippen LogP contribution in [0.15, 0.2) is 34.9 Å². The molecule has 0 spiro atoms. The maximum Gasteiger partial charge on any atom is 0.333 e. The molecule has 0 saturated heterocycles. The van der Waals surface area contributed by atoms with Gasteiger partial charge in [0, 0.05) is 23.3 Å². The number of carbonyl (C=O) groups excluding carboxylic acids is 1. The van der Waals surface area contributed by atoms with Crippen LogP contribution in [0, 0.1) is 35.5 Å². The van der Waals surface area contributed by atoms with Crippen LogP contribution in [0.5, 0.6) is 0 Å². The van der Waals surface area contributed by atoms with Gasteiger partial charge in [-0.1, -0.05) is 73.1 Å². The lowest BCUT2D eigenvalue weighted by Crippen LogP contribution is -2.42. The van der Waals surface area contributed by atoms with E-state index in [1.54, 1.807) is 19.9 Å². The molecule has 0 aromatic carbocycles. The van der Waals surface area contributed by atoms with Gasteiger partial charge in [0.25, 0.3) is 0 Å². The predicted octanol–water partition coefficient (Wildman–Crippen LogP) is 3.53. The first-order valence-corrected chi connectivity index (χ1v) is 15.8. The van der Waals surface area contributed by atoms with Crippen molar-refractivity contribution in [2.75, 3.05) is 13.2 Å². The highest BCUT2D eigenvalue weighted by Gasteiger charge is 2.27. The summed E-state index contributed by atoms with van der Waals surface area (Å²) in [4.78, 5) is 12.3. The highest BCUT2D eigenvalue weighted by Crippen LogP contribution is 2.28. The molecule has 0 radical (unpaired) electrons. The Morgan fingerprint density at radius 3 is 1.65 bits per heavy atom. The molecule has 252 valence electrons. The van der Waals surface area contributed by atoms with Crippen molar-refractivity contribution in [3.05, 3.63) is 34.9 Å². The van der Waals surface area contributed by atoms with E-state index in [4.69, 9.17) is 9.84 Å². The van der Waals surface area contributed by atoms with E-state index in [1.807, 2.05) is 26.8 Å². The summed E-state index contributed by atoms with van der Waals surface area (Å²) >= 11 is 0. The van der Waals surface area contributed by atoms with Crippen molar-refractivity contribution >= 4 is 5.97 Å². The molecule has 9 heteroatoms. The van der Waals surface area contributed by atoms with Crippen molar-refractivity contribution in [3.63, 3.8) is 0 Å². The summed E-state index contributed by atoms with van der Waals surface area (Å²) in [6.07, 6.45) is 1.47. The largest absolute Gasteiger partial charge is 0.459 e. The van der Waals surface area contributed by atoms with Gasteiger partial charge in [-0.3, -0.25) is 0 Å². The third kappa shape index (κ3) is 14.8. The lowest BCUT2D eigenvalue weighted by atomic mass is 9.82. The van der Waals surface area contributed by atoms with Crippen LogP contribution in [0.25, 0.3) is 0 Å². The first-order chi connectivity index (χ1) is 19.9. The molecule has 43 heavy (non-hydrogen) atoms. The number of ether oxygens (including phenoxy) is 1. The smallest absolute Gasteiger partial charge is 0.333 e. The van der Waals surface area contributed by atoms with Gasteiger partial charge >= 0.3 is 5.97 Å². The zero-order chi connectivity index (χ0) is 33.6. The fourth-order valence-corrected chi connectivity index (χ4v) is 5.58. The quantitative estimate of drug-likeness (QED) is 0.0616. The Morgan fingerprint density at radius 1 is 0.674 bits per heavy atom. The fraction of sp³-hybridized carbons (Fsp3) is 0.794. The molecule has 9 nitrogen and oxygen atoms in total. The highest BCUT2D eigenvalue weighted by atomic mass is 16.5. The Balaban J connectivity index is 5.21. The maximum absolute atomic E-state index is 12.3. The molecule has 9 unspecified atom stereocenters. The summed E-state index contributed by atoms with van der Waals surface area (Å²) in [5.41, 5.74) is 1.56. The van der Waals surface area contributed by atoms with Crippen LogP contribution < -0.4 is 0 Å². The Kier molecular flexibility index (Phi) is 19.7. The highest BCUT2D eigenvalue weighted by molar-refractivity contribution is 5.87. The summed E-state index contributed by atoms with van der Waals surface area (Å²) < 4.78 is 4.98. The third-order valence-electron chi connectivity index (χ3n) is 8.57. The van der Waals surface area contributed by atoms with Gasteiger partial charge in [0.2, 0.25) is 0 Å². The molecule has 0 aliphatic heterocycles. The molecule has 0 aromatic heterocycles. The van der Waals surface area contributed by atoms with Crippen molar-refractivity contribution in [2.45, 2.75) is 125 Å². The van der Waals surface area contributed by atoms with Crippen LogP contribution >= 0.6 is 0 Å². The molecule has 0 bridgehead atoms. The topological polar surface area (TPSA) is 168 Å². The maximum atomic E-state index is 12.3. The normalized spacial score (nSPS) is 21.9. The summed E-state index contributed by atoms with van der Waals surface area (Å²) in [6.45, 7) is 18.1. The van der Waals surface area contributed by atoms with Gasteiger partial charge in [0.1, 0.15) is 24.9 Å². The van der Waals surface area contributed by atoms with Gasteiger partial charge in [-0.15, -0.1) is 0 Å². The van der Waals surface area contributed by atoms with E-state index in [0.717, 1.165) is 24.8 Å². The van der Waals surface area contributed by atoms with Crippen LogP contribution in [-0.2, 0) is 9.53 Å². The fourth-order valence-electron chi connectivity index (χ4n) is 5.58. The number of rotatable bonds is 20. The number of esters is 1. The molecule has 0 rings (SSSR count). The van der Waals surface area contributed by atoms with Crippen molar-refractivity contribution in [3.8, 4) is 0 Å². The second-order valence-corrected chi connectivity index (χ2v) is 13.1. The summed E-state index contributed by atoms with van der Waals surface area (Å²) in [5.74, 6) is -0.329. The minimum atomic E-state index is -1.67. The average molecular weight is 615 g/mol. The Bertz CT molecular complexity index is 898. The van der Waals surface area contributed by atoms with Gasteiger partial charge in [-0.2, -0.15) is 0 Å². The van der Waals surface area contributed by atoms with E-state index in [2.05, 4.69) is 27.7 Å². The minimum absolute atomic E-state index is 0.125. The average Bonchev–Trinajstić information content (AvgIpc) is 2.96. The molecule has 0 aromatic rings. The van der Waals surface area contributed by atoms with Gasteiger partial charge in [0.05, 0.1) is 24.9 Å². The number of carbonyl (C=O) groups is 1. The van der Waals surface area contributed by atoms with E-state index >= 15 is 0 Å². The predicted molar refractivity (Wildman–Crippen MR) is 170 cm³/mol. The van der Waals surface area contributed by atoms with Crippen molar-refractivity contribution in [1.82, 2.24) is 0 Å². The molecule has 0 saturated carbocycles. The van der Waals surface area contributed by atoms with E-state index in [0.29, 0.717) is 17.4 Å². The van der Waals surface area contributed by atoms with Crippen LogP contribution in [0.4, 0.5) is 0 Å². The standard InChI is InChI=1S/C34H62O9/c1-11-19(2)12-20(3)13-21(4)30(38)22(5)14-23(6)31(39)24(7)15-25(8)32(40)26(9)16-27(10)34(42)43-18-29(37)33(41)28(36)17-35/h14-16,19-22,24,26,28-33,35-41H,11-13,17-18H2,1-10H3/b23-14+,25-15+,27-16+/t19?,20?,21?,22?,24?,26?,28-,29-,30?,31?,32?,33-/m1/s1. The number of hydrogen-bond donors (Lipinski definition) is 7. The van der Waals surface area contributed by atoms with Gasteiger partial charge in [-0.05, 0) is 62.5 Å². The molecule has 12 atom stereocenters. The second-order valence-electron chi connectivity index (χ2n) is 13.1. The SMILES string of the molecule is CCC(C)CC(C)CC(C)C(O)C(C)/C=C(\C)C(O)C(C)/C=C(\C)C(O)C(C)/C=C(\C)C(=O)OC[C@@H](O)[C@H](O)[C@H](O)CO. The molecule has 0 aliphatic carbocycles. The van der Waals surface area contributed by atoms with Gasteiger partial charge in [0.15, 0.2) is 0 Å². The van der Waals surface area contributed by atoms with Crippen molar-refractivity contribution in [1.29, 1.82) is 0 Å². The molecule has 7 N–H and O–H groups in total. The summed E-state index contributed by atoms with van der Waals surface area (Å²) in [6, 6.07) is 0. The van der Waals surface area contributed by atoms with E-state index in [-0.39, 0.29) is 23.3 Å². The van der Waals surface area contributed by atoms with Gasteiger partial charge in [-0.25, -0.2) is 4.79 Å². The van der Waals surface area contributed by atoms with E-state index in [1.165, 1.54) is 13.0 Å². The Hall–Kier alpha value is -1.59. The lowest BCUT2D eigenvalue weighted by Gasteiger charge is -2.28. The first kappa shape index (κ1) is 41.4. The molecular formula is C34H62O9. The zero-order valence-corrected chi connectivity index (χ0v) is 28.1. The summed E-state index contributed by atoms with van der Waals surface area (Å²) in [7, 11) is 0. The minimum Gasteiger partial charge on any atom is -0.459 e. The molecule has 0 amide bonds. The number of hydrogen-bond acceptors (Lipinski definition) is 9. The Labute approximate surface area is 260 Å². The van der Waals surface area contributed by atoms with Crippen LogP contribution in [0.2, 0.25) is 0 Å². The molecule has 0 aliphatic rings. The van der Waals surface area contributed by atoms with E-state index in [9.17, 15) is 35.4 Å².